The van der Waals surface area contributed by atoms with Crippen LogP contribution >= 0.6 is 22.9 Å². The second-order valence-electron chi connectivity index (χ2n) is 6.22. The van der Waals surface area contributed by atoms with Crippen molar-refractivity contribution in [1.29, 1.82) is 0 Å². The molecule has 24 heavy (non-hydrogen) atoms. The van der Waals surface area contributed by atoms with Crippen LogP contribution in [0.3, 0.4) is 0 Å². The highest BCUT2D eigenvalue weighted by Gasteiger charge is 2.19. The van der Waals surface area contributed by atoms with Gasteiger partial charge in [0, 0.05) is 41.3 Å². The first-order valence-electron chi connectivity index (χ1n) is 8.04. The highest BCUT2D eigenvalue weighted by Crippen LogP contribution is 2.24. The van der Waals surface area contributed by atoms with Gasteiger partial charge in [-0.2, -0.15) is 0 Å². The van der Waals surface area contributed by atoms with E-state index in [-0.39, 0.29) is 0 Å². The fourth-order valence-electron chi connectivity index (χ4n) is 3.02. The number of benzene rings is 1. The molecule has 0 saturated carbocycles. The predicted octanol–water partition coefficient (Wildman–Crippen LogP) is 4.73. The minimum atomic E-state index is 0.731. The lowest BCUT2D eigenvalue weighted by Gasteiger charge is -2.27. The summed E-state index contributed by atoms with van der Waals surface area (Å²) in [5.41, 5.74) is 4.77. The summed E-state index contributed by atoms with van der Waals surface area (Å²) in [6.45, 7) is 5.10. The van der Waals surface area contributed by atoms with E-state index in [0.29, 0.717) is 0 Å². The van der Waals surface area contributed by atoms with E-state index in [2.05, 4.69) is 28.3 Å². The third-order valence-electron chi connectivity index (χ3n) is 4.29. The summed E-state index contributed by atoms with van der Waals surface area (Å²) in [5, 5.41) is 2.95. The highest BCUT2D eigenvalue weighted by molar-refractivity contribution is 7.10. The molecule has 1 aliphatic rings. The van der Waals surface area contributed by atoms with E-state index in [9.17, 15) is 0 Å². The molecule has 2 aromatic heterocycles. The Bertz CT molecular complexity index is 857. The van der Waals surface area contributed by atoms with Crippen LogP contribution in [0.2, 0.25) is 5.02 Å². The molecule has 0 aliphatic carbocycles. The molecule has 5 heteroatoms. The van der Waals surface area contributed by atoms with E-state index >= 15 is 0 Å². The van der Waals surface area contributed by atoms with Crippen LogP contribution in [0.5, 0.6) is 0 Å². The minimum Gasteiger partial charge on any atom is -0.292 e. The number of hydrogen-bond donors (Lipinski definition) is 0. The van der Waals surface area contributed by atoms with Crippen LogP contribution in [0.25, 0.3) is 11.4 Å². The van der Waals surface area contributed by atoms with Crippen molar-refractivity contribution in [3.8, 4) is 11.4 Å². The van der Waals surface area contributed by atoms with Gasteiger partial charge in [0.15, 0.2) is 5.82 Å². The summed E-state index contributed by atoms with van der Waals surface area (Å²) in [6.07, 6.45) is 3.00. The van der Waals surface area contributed by atoms with Crippen molar-refractivity contribution in [3.63, 3.8) is 0 Å². The number of rotatable bonds is 3. The van der Waals surface area contributed by atoms with E-state index in [1.165, 1.54) is 16.0 Å². The largest absolute Gasteiger partial charge is 0.292 e. The first kappa shape index (κ1) is 15.8. The zero-order valence-corrected chi connectivity index (χ0v) is 15.1. The molecule has 3 nitrogen and oxygen atoms in total. The Morgan fingerprint density at radius 1 is 1.25 bits per heavy atom. The van der Waals surface area contributed by atoms with E-state index in [1.54, 1.807) is 0 Å². The molecule has 0 bridgehead atoms. The molecule has 0 spiro atoms. The molecule has 1 aliphatic heterocycles. The molecule has 0 N–H and O–H groups in total. The van der Waals surface area contributed by atoms with Crippen LogP contribution in [-0.2, 0) is 19.5 Å². The number of aromatic nitrogens is 2. The Labute approximate surface area is 151 Å². The lowest BCUT2D eigenvalue weighted by molar-refractivity contribution is 0.243. The first-order valence-corrected chi connectivity index (χ1v) is 9.30. The third kappa shape index (κ3) is 3.36. The zero-order valence-electron chi connectivity index (χ0n) is 13.5. The molecule has 0 unspecified atom stereocenters. The zero-order chi connectivity index (χ0) is 16.5. The molecule has 4 rings (SSSR count). The van der Waals surface area contributed by atoms with E-state index in [1.807, 2.05) is 41.8 Å². The topological polar surface area (TPSA) is 29.0 Å². The van der Waals surface area contributed by atoms with Gasteiger partial charge in [-0.1, -0.05) is 11.6 Å². The predicted molar refractivity (Wildman–Crippen MR) is 99.4 cm³/mol. The number of halogens is 1. The van der Waals surface area contributed by atoms with Crippen LogP contribution in [0.4, 0.5) is 0 Å². The quantitative estimate of drug-likeness (QED) is 0.680. The van der Waals surface area contributed by atoms with Gasteiger partial charge in [-0.25, -0.2) is 9.97 Å². The number of nitrogens with zero attached hydrogens (tertiary/aromatic N) is 3. The molecule has 0 amide bonds. The van der Waals surface area contributed by atoms with Crippen LogP contribution in [0, 0.1) is 6.92 Å². The summed E-state index contributed by atoms with van der Waals surface area (Å²) in [7, 11) is 0. The van der Waals surface area contributed by atoms with Gasteiger partial charge < -0.3 is 0 Å². The van der Waals surface area contributed by atoms with Gasteiger partial charge in [0.2, 0.25) is 0 Å². The van der Waals surface area contributed by atoms with Crippen LogP contribution < -0.4 is 0 Å². The van der Waals surface area contributed by atoms with Crippen LogP contribution in [-0.4, -0.2) is 21.4 Å². The average Bonchev–Trinajstić information content (AvgIpc) is 3.00. The second-order valence-corrected chi connectivity index (χ2v) is 7.66. The van der Waals surface area contributed by atoms with Gasteiger partial charge in [-0.3, -0.25) is 4.90 Å². The summed E-state index contributed by atoms with van der Waals surface area (Å²) >= 11 is 7.80. The molecular formula is C19H18ClN3S. The van der Waals surface area contributed by atoms with Gasteiger partial charge in [0.05, 0.1) is 5.69 Å². The number of aryl methyl sites for hydroxylation is 1. The van der Waals surface area contributed by atoms with E-state index in [0.717, 1.165) is 48.2 Å². The summed E-state index contributed by atoms with van der Waals surface area (Å²) in [6, 6.07) is 9.98. The molecule has 122 valence electrons. The molecule has 0 fully saturated rings. The number of thiophene rings is 1. The van der Waals surface area contributed by atoms with Crippen molar-refractivity contribution in [3.05, 3.63) is 68.6 Å². The van der Waals surface area contributed by atoms with Crippen molar-refractivity contribution in [2.75, 3.05) is 6.54 Å². The van der Waals surface area contributed by atoms with Crippen molar-refractivity contribution < 1.29 is 0 Å². The SMILES string of the molecule is Cc1csc(CN2CCc3cnc(-c4ccc(Cl)cc4)nc3C2)c1. The van der Waals surface area contributed by atoms with Crippen LogP contribution in [0.15, 0.2) is 41.9 Å². The van der Waals surface area contributed by atoms with Gasteiger partial charge in [0.1, 0.15) is 0 Å². The standard InChI is InChI=1S/C19H18ClN3S/c1-13-8-17(24-12-13)10-23-7-6-15-9-21-19(22-18(15)11-23)14-2-4-16(20)5-3-14/h2-5,8-9,12H,6-7,10-11H2,1H3. The third-order valence-corrected chi connectivity index (χ3v) is 5.58. The maximum Gasteiger partial charge on any atom is 0.159 e. The fourth-order valence-corrected chi connectivity index (χ4v) is 4.07. The summed E-state index contributed by atoms with van der Waals surface area (Å²) in [5.74, 6) is 0.777. The van der Waals surface area contributed by atoms with Crippen molar-refractivity contribution in [2.45, 2.75) is 26.4 Å². The lowest BCUT2D eigenvalue weighted by Crippen LogP contribution is -2.30. The number of hydrogen-bond acceptors (Lipinski definition) is 4. The Morgan fingerprint density at radius 3 is 2.83 bits per heavy atom. The van der Waals surface area contributed by atoms with Crippen LogP contribution in [0.1, 0.15) is 21.7 Å². The van der Waals surface area contributed by atoms with Gasteiger partial charge in [0.25, 0.3) is 0 Å². The molecule has 0 atom stereocenters. The molecule has 0 saturated heterocycles. The molecule has 1 aromatic carbocycles. The number of fused-ring (bicyclic) bond motifs is 1. The Morgan fingerprint density at radius 2 is 2.08 bits per heavy atom. The maximum absolute atomic E-state index is 5.97. The smallest absolute Gasteiger partial charge is 0.159 e. The van der Waals surface area contributed by atoms with Crippen molar-refractivity contribution >= 4 is 22.9 Å². The monoisotopic (exact) mass is 355 g/mol. The second kappa shape index (κ2) is 6.63. The summed E-state index contributed by atoms with van der Waals surface area (Å²) in [4.78, 5) is 13.2. The minimum absolute atomic E-state index is 0.731. The fraction of sp³-hybridized carbons (Fsp3) is 0.263. The Kier molecular flexibility index (Phi) is 4.35. The van der Waals surface area contributed by atoms with E-state index in [4.69, 9.17) is 16.6 Å². The van der Waals surface area contributed by atoms with Crippen molar-refractivity contribution in [1.82, 2.24) is 14.9 Å². The maximum atomic E-state index is 5.97. The summed E-state index contributed by atoms with van der Waals surface area (Å²) < 4.78 is 0. The molecule has 3 aromatic rings. The van der Waals surface area contributed by atoms with Gasteiger partial charge in [-0.05, 0) is 60.2 Å². The van der Waals surface area contributed by atoms with Gasteiger partial charge in [-0.15, -0.1) is 11.3 Å². The molecule has 3 heterocycles. The Hall–Kier alpha value is -1.75. The average molecular weight is 356 g/mol. The molecule has 0 radical (unpaired) electrons. The van der Waals surface area contributed by atoms with Gasteiger partial charge >= 0.3 is 0 Å². The Balaban J connectivity index is 1.55. The lowest BCUT2D eigenvalue weighted by atomic mass is 10.1. The van der Waals surface area contributed by atoms with E-state index < -0.39 is 0 Å². The molecular weight excluding hydrogens is 338 g/mol. The first-order chi connectivity index (χ1) is 11.7. The highest BCUT2D eigenvalue weighted by atomic mass is 35.5. The van der Waals surface area contributed by atoms with Crippen molar-refractivity contribution in [2.24, 2.45) is 0 Å². The normalized spacial score (nSPS) is 14.6.